The minimum absolute atomic E-state index is 0.428. The number of rotatable bonds is 1. The molecule has 0 heterocycles. The van der Waals surface area contributed by atoms with Crippen LogP contribution in [0.1, 0.15) is 13.3 Å². The van der Waals surface area contributed by atoms with Gasteiger partial charge in [-0.1, -0.05) is 13.0 Å². The third kappa shape index (κ3) is 3.77. The number of alkyl halides is 3. The van der Waals surface area contributed by atoms with E-state index in [1.54, 1.807) is 6.92 Å². The summed E-state index contributed by atoms with van der Waals surface area (Å²) in [6.45, 7) is 1.67. The summed E-state index contributed by atoms with van der Waals surface area (Å²) in [7, 11) is 0. The molecule has 0 aliphatic heterocycles. The molecule has 0 saturated carbocycles. The Labute approximate surface area is 65.3 Å². The van der Waals surface area contributed by atoms with Gasteiger partial charge >= 0.3 is 6.18 Å². The smallest absolute Gasteiger partial charge is 0.166 e. The summed E-state index contributed by atoms with van der Waals surface area (Å²) in [4.78, 5) is 0. The van der Waals surface area contributed by atoms with E-state index in [-0.39, 0.29) is 0 Å². The van der Waals surface area contributed by atoms with Gasteiger partial charge in [0.15, 0.2) is 0 Å². The summed E-state index contributed by atoms with van der Waals surface area (Å²) < 4.78 is 34.1. The van der Waals surface area contributed by atoms with Gasteiger partial charge in [0.1, 0.15) is 0 Å². The minimum Gasteiger partial charge on any atom is -0.166 e. The van der Waals surface area contributed by atoms with Crippen molar-refractivity contribution in [2.24, 2.45) is 0 Å². The Kier molecular flexibility index (Phi) is 3.53. The largest absolute Gasteiger partial charge is 0.421 e. The maximum Gasteiger partial charge on any atom is 0.421 e. The number of halogens is 4. The van der Waals surface area contributed by atoms with Crippen molar-refractivity contribution in [1.82, 2.24) is 0 Å². The molecule has 0 nitrogen and oxygen atoms in total. The van der Waals surface area contributed by atoms with Gasteiger partial charge in [0, 0.05) is 0 Å². The van der Waals surface area contributed by atoms with Crippen LogP contribution in [0.3, 0.4) is 0 Å². The Balaban J connectivity index is 4.03. The number of hydrogen-bond donors (Lipinski definition) is 0. The van der Waals surface area contributed by atoms with Crippen LogP contribution in [0.4, 0.5) is 13.2 Å². The van der Waals surface area contributed by atoms with Gasteiger partial charge in [-0.25, -0.2) is 0 Å². The molecule has 0 aromatic rings. The van der Waals surface area contributed by atoms with Crippen LogP contribution in [0.2, 0.25) is 0 Å². The van der Waals surface area contributed by atoms with Crippen molar-refractivity contribution in [1.29, 1.82) is 0 Å². The van der Waals surface area contributed by atoms with E-state index in [9.17, 15) is 13.2 Å². The third-order valence-electron chi connectivity index (χ3n) is 0.654. The molecule has 0 N–H and O–H groups in total. The van der Waals surface area contributed by atoms with Gasteiger partial charge in [-0.05, 0) is 29.0 Å². The molecule has 0 rings (SSSR count). The number of hydrogen-bond acceptors (Lipinski definition) is 0. The van der Waals surface area contributed by atoms with E-state index in [1.807, 2.05) is 0 Å². The van der Waals surface area contributed by atoms with Gasteiger partial charge in [-0.3, -0.25) is 0 Å². The van der Waals surface area contributed by atoms with Crippen molar-refractivity contribution in [3.05, 3.63) is 9.66 Å². The summed E-state index contributed by atoms with van der Waals surface area (Å²) in [6, 6.07) is 0. The normalized spacial score (nSPS) is 14.1. The van der Waals surface area contributed by atoms with Crippen LogP contribution in [-0.4, -0.2) is 6.18 Å². The van der Waals surface area contributed by atoms with Crippen molar-refractivity contribution in [2.75, 3.05) is 0 Å². The first-order chi connectivity index (χ1) is 3.98. The molecule has 0 radical (unpaired) electrons. The maximum atomic E-state index is 11.6. The molecule has 0 amide bonds. The van der Waals surface area contributed by atoms with Crippen LogP contribution in [0.25, 0.3) is 0 Å². The molecule has 0 aliphatic rings. The fraction of sp³-hybridized carbons (Fsp3) is 0.600. The molecule has 0 atom stereocenters. The molecule has 0 saturated heterocycles. The van der Waals surface area contributed by atoms with E-state index >= 15 is 0 Å². The first-order valence-corrected chi connectivity index (χ1v) is 3.49. The SMILES string of the molecule is CC/C=C(\I)C(F)(F)F. The van der Waals surface area contributed by atoms with Gasteiger partial charge in [-0.2, -0.15) is 13.2 Å². The molecular weight excluding hydrogens is 244 g/mol. The monoisotopic (exact) mass is 250 g/mol. The fourth-order valence-corrected chi connectivity index (χ4v) is 0.735. The van der Waals surface area contributed by atoms with Crippen LogP contribution >= 0.6 is 22.6 Å². The Bertz CT molecular complexity index is 114. The summed E-state index contributed by atoms with van der Waals surface area (Å²) in [6.07, 6.45) is -2.56. The van der Waals surface area contributed by atoms with Crippen LogP contribution in [0, 0.1) is 0 Å². The average Bonchev–Trinajstić information content (AvgIpc) is 1.64. The second kappa shape index (κ2) is 3.43. The molecule has 0 bridgehead atoms. The molecule has 0 unspecified atom stereocenters. The molecule has 0 aromatic carbocycles. The topological polar surface area (TPSA) is 0 Å². The Morgan fingerprint density at radius 3 is 2.11 bits per heavy atom. The molecular formula is C5H6F3I. The van der Waals surface area contributed by atoms with Crippen molar-refractivity contribution in [3.8, 4) is 0 Å². The highest BCUT2D eigenvalue weighted by Gasteiger charge is 2.30. The van der Waals surface area contributed by atoms with Gasteiger partial charge in [0.2, 0.25) is 0 Å². The van der Waals surface area contributed by atoms with E-state index in [2.05, 4.69) is 0 Å². The van der Waals surface area contributed by atoms with Crippen molar-refractivity contribution >= 4 is 22.6 Å². The van der Waals surface area contributed by atoms with Crippen molar-refractivity contribution < 1.29 is 13.2 Å². The van der Waals surface area contributed by atoms with E-state index in [0.29, 0.717) is 6.42 Å². The summed E-state index contributed by atoms with van der Waals surface area (Å²) >= 11 is 1.28. The molecule has 4 heteroatoms. The summed E-state index contributed by atoms with van der Waals surface area (Å²) in [5.41, 5.74) is 0. The lowest BCUT2D eigenvalue weighted by Gasteiger charge is -2.02. The summed E-state index contributed by atoms with van der Waals surface area (Å²) in [5, 5.41) is 0. The lowest BCUT2D eigenvalue weighted by Crippen LogP contribution is -2.05. The lowest BCUT2D eigenvalue weighted by molar-refractivity contribution is -0.0819. The standard InChI is InChI=1S/C5H6F3I/c1-2-3-4(9)5(6,7)8/h3H,2H2,1H3/b4-3-. The lowest BCUT2D eigenvalue weighted by atomic mass is 10.4. The third-order valence-corrected chi connectivity index (χ3v) is 1.71. The average molecular weight is 250 g/mol. The minimum atomic E-state index is -4.14. The van der Waals surface area contributed by atoms with E-state index in [4.69, 9.17) is 0 Å². The van der Waals surface area contributed by atoms with Gasteiger partial charge < -0.3 is 0 Å². The molecule has 0 aliphatic carbocycles. The molecule has 0 aromatic heterocycles. The molecule has 0 fully saturated rings. The molecule has 54 valence electrons. The zero-order valence-corrected chi connectivity index (χ0v) is 6.95. The van der Waals surface area contributed by atoms with Gasteiger partial charge in [-0.15, -0.1) is 0 Å². The van der Waals surface area contributed by atoms with Crippen molar-refractivity contribution in [3.63, 3.8) is 0 Å². The quantitative estimate of drug-likeness (QED) is 0.626. The molecule has 9 heavy (non-hydrogen) atoms. The highest BCUT2D eigenvalue weighted by Crippen LogP contribution is 2.30. The Morgan fingerprint density at radius 2 is 2.00 bits per heavy atom. The van der Waals surface area contributed by atoms with Gasteiger partial charge in [0.25, 0.3) is 0 Å². The number of allylic oxidation sites excluding steroid dienone is 2. The summed E-state index contributed by atoms with van der Waals surface area (Å²) in [5.74, 6) is 0. The second-order valence-corrected chi connectivity index (χ2v) is 2.62. The van der Waals surface area contributed by atoms with Crippen LogP contribution in [0.5, 0.6) is 0 Å². The maximum absolute atomic E-state index is 11.6. The van der Waals surface area contributed by atoms with Gasteiger partial charge in [0.05, 0.1) is 3.58 Å². The highest BCUT2D eigenvalue weighted by atomic mass is 127. The Morgan fingerprint density at radius 1 is 1.56 bits per heavy atom. The van der Waals surface area contributed by atoms with Crippen LogP contribution in [0.15, 0.2) is 9.66 Å². The predicted octanol–water partition coefficient (Wildman–Crippen LogP) is 3.28. The van der Waals surface area contributed by atoms with Crippen LogP contribution in [-0.2, 0) is 0 Å². The van der Waals surface area contributed by atoms with E-state index in [1.165, 1.54) is 22.6 Å². The zero-order chi connectivity index (χ0) is 7.49. The van der Waals surface area contributed by atoms with Crippen LogP contribution < -0.4 is 0 Å². The highest BCUT2D eigenvalue weighted by molar-refractivity contribution is 14.1. The first kappa shape index (κ1) is 9.26. The van der Waals surface area contributed by atoms with E-state index in [0.717, 1.165) is 6.08 Å². The second-order valence-electron chi connectivity index (χ2n) is 1.46. The zero-order valence-electron chi connectivity index (χ0n) is 4.80. The van der Waals surface area contributed by atoms with E-state index < -0.39 is 9.76 Å². The molecule has 0 spiro atoms. The Hall–Kier alpha value is 0.260. The van der Waals surface area contributed by atoms with Crippen molar-refractivity contribution in [2.45, 2.75) is 19.5 Å². The predicted molar refractivity (Wildman–Crippen MR) is 38.4 cm³/mol. The fourth-order valence-electron chi connectivity index (χ4n) is 0.295. The first-order valence-electron chi connectivity index (χ1n) is 2.41.